The lowest BCUT2D eigenvalue weighted by Gasteiger charge is -2.50. The van der Waals surface area contributed by atoms with Crippen LogP contribution in [0.2, 0.25) is 10.0 Å². The molecule has 0 bridgehead atoms. The Kier molecular flexibility index (Phi) is 7.82. The average Bonchev–Trinajstić information content (AvgIpc) is 2.71. The maximum absolute atomic E-state index is 13.1. The van der Waals surface area contributed by atoms with Gasteiger partial charge in [0.2, 0.25) is 5.91 Å². The van der Waals surface area contributed by atoms with Crippen molar-refractivity contribution in [2.45, 2.75) is 64.0 Å². The molecule has 1 aromatic carbocycles. The number of ether oxygens (including phenoxy) is 1. The Bertz CT molecular complexity index is 838. The molecule has 3 rings (SSSR count). The smallest absolute Gasteiger partial charge is 0.414 e. The van der Waals surface area contributed by atoms with E-state index in [4.69, 9.17) is 23.2 Å². The molecule has 1 aromatic rings. The number of nitrogens with zero attached hydrogens (tertiary/aromatic N) is 1. The topological polar surface area (TPSA) is 49.8 Å². The maximum Gasteiger partial charge on any atom is 0.414 e. The van der Waals surface area contributed by atoms with Crippen molar-refractivity contribution in [3.05, 3.63) is 27.7 Å². The second kappa shape index (κ2) is 9.89. The highest BCUT2D eigenvalue weighted by molar-refractivity contribution is 6.37. The van der Waals surface area contributed by atoms with Gasteiger partial charge in [-0.1, -0.05) is 29.6 Å². The highest BCUT2D eigenvalue weighted by atomic mass is 35.5. The van der Waals surface area contributed by atoms with Crippen LogP contribution in [0.25, 0.3) is 0 Å². The van der Waals surface area contributed by atoms with Gasteiger partial charge in [-0.25, -0.2) is 0 Å². The summed E-state index contributed by atoms with van der Waals surface area (Å²) in [5, 5.41) is 9.80. The van der Waals surface area contributed by atoms with Crippen molar-refractivity contribution >= 4 is 29.1 Å². The molecule has 11 heteroatoms. The van der Waals surface area contributed by atoms with Crippen molar-refractivity contribution in [3.8, 4) is 5.75 Å². The van der Waals surface area contributed by atoms with E-state index in [0.717, 1.165) is 0 Å². The quantitative estimate of drug-likeness (QED) is 0.523. The zero-order valence-electron chi connectivity index (χ0n) is 17.2. The van der Waals surface area contributed by atoms with Gasteiger partial charge in [-0.05, 0) is 56.1 Å². The number of alkyl halides is 5. The fourth-order valence-electron chi connectivity index (χ4n) is 5.25. The van der Waals surface area contributed by atoms with E-state index in [-0.39, 0.29) is 58.1 Å². The lowest BCUT2D eigenvalue weighted by molar-refractivity contribution is -0.233. The van der Waals surface area contributed by atoms with Crippen LogP contribution in [0.4, 0.5) is 22.0 Å². The molecule has 1 N–H and O–H groups in total. The average molecular weight is 504 g/mol. The Balaban J connectivity index is 1.75. The van der Waals surface area contributed by atoms with Crippen molar-refractivity contribution in [1.82, 2.24) is 4.90 Å². The Morgan fingerprint density at radius 1 is 1.22 bits per heavy atom. The Morgan fingerprint density at radius 2 is 1.91 bits per heavy atom. The van der Waals surface area contributed by atoms with E-state index in [0.29, 0.717) is 25.7 Å². The van der Waals surface area contributed by atoms with Gasteiger partial charge in [0, 0.05) is 23.2 Å². The summed E-state index contributed by atoms with van der Waals surface area (Å²) in [6.45, 7) is -1.08. The first-order valence-corrected chi connectivity index (χ1v) is 11.1. The van der Waals surface area contributed by atoms with E-state index in [1.54, 1.807) is 11.8 Å². The third-order valence-electron chi connectivity index (χ3n) is 6.75. The van der Waals surface area contributed by atoms with E-state index in [9.17, 15) is 31.9 Å². The summed E-state index contributed by atoms with van der Waals surface area (Å²) < 4.78 is 68.9. The second-order valence-electron chi connectivity index (χ2n) is 8.42. The summed E-state index contributed by atoms with van der Waals surface area (Å²) in [6.07, 6.45) is -5.47. The van der Waals surface area contributed by atoms with E-state index >= 15 is 0 Å². The predicted molar refractivity (Wildman–Crippen MR) is 109 cm³/mol. The number of benzene rings is 1. The molecule has 180 valence electrons. The number of amides is 1. The number of halogens is 7. The minimum Gasteiger partial charge on any atom is -0.433 e. The molecule has 1 unspecified atom stereocenters. The molecule has 0 spiro atoms. The molecule has 1 heterocycles. The molecule has 5 atom stereocenters. The van der Waals surface area contributed by atoms with Crippen LogP contribution >= 0.6 is 23.2 Å². The fraction of sp³-hybridized carbons (Fsp3) is 0.667. The number of carbonyl (C=O) groups is 1. The van der Waals surface area contributed by atoms with Crippen molar-refractivity contribution in [3.63, 3.8) is 0 Å². The normalized spacial score (nSPS) is 27.2. The van der Waals surface area contributed by atoms with Gasteiger partial charge >= 0.3 is 12.8 Å². The Labute approximate surface area is 192 Å². The van der Waals surface area contributed by atoms with Crippen LogP contribution < -0.4 is 4.74 Å². The number of fused-ring (bicyclic) bond motifs is 1. The first-order valence-electron chi connectivity index (χ1n) is 10.4. The van der Waals surface area contributed by atoms with Crippen LogP contribution in [-0.2, 0) is 11.2 Å². The number of piperidine rings is 1. The van der Waals surface area contributed by atoms with Gasteiger partial charge in [-0.3, -0.25) is 4.79 Å². The van der Waals surface area contributed by atoms with Gasteiger partial charge in [-0.2, -0.15) is 22.0 Å². The number of aliphatic hydroxyl groups excluding tert-OH is 1. The number of rotatable bonds is 5. The lowest BCUT2D eigenvalue weighted by atomic mass is 9.64. The summed E-state index contributed by atoms with van der Waals surface area (Å²) in [4.78, 5) is 14.6. The van der Waals surface area contributed by atoms with Crippen molar-refractivity contribution in [2.24, 2.45) is 17.8 Å². The van der Waals surface area contributed by atoms with Crippen LogP contribution in [0.3, 0.4) is 0 Å². The molecule has 2 aliphatic rings. The highest BCUT2D eigenvalue weighted by Gasteiger charge is 2.51. The molecule has 1 amide bonds. The molecule has 4 nitrogen and oxygen atoms in total. The monoisotopic (exact) mass is 503 g/mol. The highest BCUT2D eigenvalue weighted by Crippen LogP contribution is 2.47. The molecule has 1 aliphatic heterocycles. The predicted octanol–water partition coefficient (Wildman–Crippen LogP) is 5.71. The van der Waals surface area contributed by atoms with E-state index in [2.05, 4.69) is 4.74 Å². The van der Waals surface area contributed by atoms with Gasteiger partial charge in [0.25, 0.3) is 0 Å². The maximum atomic E-state index is 13.1. The van der Waals surface area contributed by atoms with Gasteiger partial charge in [0.05, 0.1) is 11.4 Å². The molecule has 0 aromatic heterocycles. The first-order chi connectivity index (χ1) is 14.9. The number of hydrogen-bond donors (Lipinski definition) is 1. The van der Waals surface area contributed by atoms with Crippen LogP contribution in [-0.4, -0.2) is 47.4 Å². The SMILES string of the molecule is C[C@H]1[C@H]2CCC[C@@H](C(O)C(F)(F)F)[C@@H]2CCN1C(=O)Cc1c(Cl)ccc(OC(F)F)c1Cl. The zero-order chi connectivity index (χ0) is 23.8. The number of likely N-dealkylation sites (tertiary alicyclic amines) is 1. The standard InChI is InChI=1S/C21H24Cl2F5NO3/c1-10-11-3-2-4-13(19(31)21(26,27)28)12(11)7-8-29(10)17(30)9-14-15(22)5-6-16(18(14)23)32-20(24)25/h5-6,10-13,19-20,31H,2-4,7-9H2,1H3/t10-,11+,12+,13+,19?/m0/s1. The van der Waals surface area contributed by atoms with Crippen molar-refractivity contribution in [2.75, 3.05) is 6.54 Å². The largest absolute Gasteiger partial charge is 0.433 e. The van der Waals surface area contributed by atoms with Gasteiger partial charge < -0.3 is 14.7 Å². The molecule has 32 heavy (non-hydrogen) atoms. The van der Waals surface area contributed by atoms with Crippen molar-refractivity contribution in [1.29, 1.82) is 0 Å². The van der Waals surface area contributed by atoms with E-state index < -0.39 is 24.8 Å². The molecular weight excluding hydrogens is 480 g/mol. The lowest BCUT2D eigenvalue weighted by Crippen LogP contribution is -2.55. The summed E-state index contributed by atoms with van der Waals surface area (Å²) in [5.74, 6) is -2.05. The van der Waals surface area contributed by atoms with Crippen LogP contribution in [0.1, 0.15) is 38.2 Å². The van der Waals surface area contributed by atoms with Crippen LogP contribution in [0.15, 0.2) is 12.1 Å². The fourth-order valence-corrected chi connectivity index (χ4v) is 5.80. The number of aliphatic hydroxyl groups is 1. The van der Waals surface area contributed by atoms with Crippen LogP contribution in [0, 0.1) is 17.8 Å². The molecule has 1 aliphatic carbocycles. The first kappa shape index (κ1) is 25.3. The van der Waals surface area contributed by atoms with Gasteiger partial charge in [0.1, 0.15) is 5.75 Å². The molecule has 0 radical (unpaired) electrons. The number of carbonyl (C=O) groups excluding carboxylic acids is 1. The third kappa shape index (κ3) is 5.25. The third-order valence-corrected chi connectivity index (χ3v) is 7.51. The minimum atomic E-state index is -4.68. The van der Waals surface area contributed by atoms with Gasteiger partial charge in [-0.15, -0.1) is 0 Å². The zero-order valence-corrected chi connectivity index (χ0v) is 18.7. The molecule has 2 fully saturated rings. The minimum absolute atomic E-state index is 0.124. The molecular formula is C21H24Cl2F5NO3. The Hall–Kier alpha value is -1.32. The Morgan fingerprint density at radius 3 is 2.53 bits per heavy atom. The van der Waals surface area contributed by atoms with Crippen LogP contribution in [0.5, 0.6) is 5.75 Å². The summed E-state index contributed by atoms with van der Waals surface area (Å²) in [5.41, 5.74) is 0.153. The summed E-state index contributed by atoms with van der Waals surface area (Å²) in [7, 11) is 0. The van der Waals surface area contributed by atoms with Crippen molar-refractivity contribution < 1.29 is 36.6 Å². The molecule has 1 saturated carbocycles. The second-order valence-corrected chi connectivity index (χ2v) is 9.20. The van der Waals surface area contributed by atoms with Gasteiger partial charge in [0.15, 0.2) is 6.10 Å². The summed E-state index contributed by atoms with van der Waals surface area (Å²) >= 11 is 12.3. The van der Waals surface area contributed by atoms with E-state index in [1.807, 2.05) is 0 Å². The van der Waals surface area contributed by atoms with E-state index in [1.165, 1.54) is 12.1 Å². The summed E-state index contributed by atoms with van der Waals surface area (Å²) in [6, 6.07) is 2.16. The number of hydrogen-bond acceptors (Lipinski definition) is 3. The molecule has 1 saturated heterocycles.